The molecule has 0 spiro atoms. The van der Waals surface area contributed by atoms with Crippen LogP contribution >= 0.6 is 11.3 Å². The van der Waals surface area contributed by atoms with E-state index in [0.29, 0.717) is 5.92 Å². The molecule has 0 aliphatic carbocycles. The van der Waals surface area contributed by atoms with Crippen molar-refractivity contribution in [2.75, 3.05) is 13.1 Å². The molecule has 1 aromatic heterocycles. The van der Waals surface area contributed by atoms with Gasteiger partial charge in [0, 0.05) is 23.4 Å². The first-order valence-electron chi connectivity index (χ1n) is 5.75. The van der Waals surface area contributed by atoms with Crippen molar-refractivity contribution < 1.29 is 4.39 Å². The number of halogens is 1. The Hall–Kier alpha value is -1.26. The van der Waals surface area contributed by atoms with E-state index in [0.717, 1.165) is 35.8 Å². The monoisotopic (exact) mass is 248 g/mol. The third kappa shape index (κ3) is 2.23. The number of nitrogens with one attached hydrogen (secondary N) is 1. The zero-order valence-electron chi connectivity index (χ0n) is 9.32. The second-order valence-corrected chi connectivity index (χ2v) is 5.14. The normalized spacial score (nSPS) is 19.7. The van der Waals surface area contributed by atoms with E-state index in [9.17, 15) is 4.39 Å². The van der Waals surface area contributed by atoms with Crippen LogP contribution in [-0.4, -0.2) is 18.1 Å². The molecule has 1 saturated heterocycles. The summed E-state index contributed by atoms with van der Waals surface area (Å²) >= 11 is 1.59. The van der Waals surface area contributed by atoms with Crippen molar-refractivity contribution >= 4 is 11.3 Å². The molecule has 1 aromatic carbocycles. The highest BCUT2D eigenvalue weighted by molar-refractivity contribution is 7.13. The second-order valence-electron chi connectivity index (χ2n) is 4.28. The fraction of sp³-hybridized carbons (Fsp3) is 0.308. The molecule has 2 heterocycles. The molecule has 0 saturated carbocycles. The molecule has 1 fully saturated rings. The van der Waals surface area contributed by atoms with Gasteiger partial charge in [0.1, 0.15) is 10.8 Å². The Morgan fingerprint density at radius 3 is 3.12 bits per heavy atom. The molecule has 3 rings (SSSR count). The molecule has 1 unspecified atom stereocenters. The van der Waals surface area contributed by atoms with Gasteiger partial charge in [0.2, 0.25) is 0 Å². The molecule has 4 heteroatoms. The Balaban J connectivity index is 1.89. The Kier molecular flexibility index (Phi) is 2.91. The van der Waals surface area contributed by atoms with E-state index in [1.807, 2.05) is 6.07 Å². The number of aromatic nitrogens is 1. The molecule has 0 amide bonds. The van der Waals surface area contributed by atoms with Crippen molar-refractivity contribution in [3.05, 3.63) is 41.2 Å². The van der Waals surface area contributed by atoms with Crippen LogP contribution in [0.3, 0.4) is 0 Å². The van der Waals surface area contributed by atoms with Gasteiger partial charge in [0.05, 0.1) is 5.69 Å². The van der Waals surface area contributed by atoms with E-state index >= 15 is 0 Å². The number of hydrogen-bond donors (Lipinski definition) is 1. The van der Waals surface area contributed by atoms with Crippen molar-refractivity contribution in [3.63, 3.8) is 0 Å². The predicted molar refractivity (Wildman–Crippen MR) is 67.7 cm³/mol. The largest absolute Gasteiger partial charge is 0.316 e. The summed E-state index contributed by atoms with van der Waals surface area (Å²) in [6.07, 6.45) is 1.15. The lowest BCUT2D eigenvalue weighted by Crippen LogP contribution is -2.08. The van der Waals surface area contributed by atoms with E-state index in [2.05, 4.69) is 15.7 Å². The summed E-state index contributed by atoms with van der Waals surface area (Å²) in [5.74, 6) is 0.315. The fourth-order valence-electron chi connectivity index (χ4n) is 2.13. The van der Waals surface area contributed by atoms with Crippen molar-refractivity contribution in [2.45, 2.75) is 12.3 Å². The van der Waals surface area contributed by atoms with Gasteiger partial charge in [-0.25, -0.2) is 9.37 Å². The molecule has 1 atom stereocenters. The number of rotatable bonds is 2. The van der Waals surface area contributed by atoms with E-state index in [1.54, 1.807) is 17.4 Å². The lowest BCUT2D eigenvalue weighted by molar-refractivity contribution is 0.628. The molecule has 17 heavy (non-hydrogen) atoms. The number of hydrogen-bond acceptors (Lipinski definition) is 3. The molecule has 0 bridgehead atoms. The first kappa shape index (κ1) is 10.9. The molecule has 1 aliphatic heterocycles. The summed E-state index contributed by atoms with van der Waals surface area (Å²) < 4.78 is 13.1. The third-order valence-electron chi connectivity index (χ3n) is 3.07. The minimum Gasteiger partial charge on any atom is -0.316 e. The Morgan fingerprint density at radius 2 is 2.35 bits per heavy atom. The lowest BCUT2D eigenvalue weighted by Gasteiger charge is -2.02. The number of nitrogens with zero attached hydrogens (tertiary/aromatic N) is 1. The first-order valence-corrected chi connectivity index (χ1v) is 6.63. The van der Waals surface area contributed by atoms with E-state index in [1.165, 1.54) is 12.1 Å². The van der Waals surface area contributed by atoms with Crippen molar-refractivity contribution in [3.8, 4) is 10.6 Å². The lowest BCUT2D eigenvalue weighted by atomic mass is 10.1. The minimum atomic E-state index is -0.207. The fourth-order valence-corrected chi connectivity index (χ4v) is 3.03. The Morgan fingerprint density at radius 1 is 1.41 bits per heavy atom. The third-order valence-corrected chi connectivity index (χ3v) is 3.98. The van der Waals surface area contributed by atoms with E-state index in [-0.39, 0.29) is 5.82 Å². The van der Waals surface area contributed by atoms with Crippen LogP contribution in [0.5, 0.6) is 0 Å². The summed E-state index contributed by atoms with van der Waals surface area (Å²) in [5.41, 5.74) is 2.01. The zero-order valence-corrected chi connectivity index (χ0v) is 10.1. The summed E-state index contributed by atoms with van der Waals surface area (Å²) in [5, 5.41) is 6.34. The van der Waals surface area contributed by atoms with Crippen molar-refractivity contribution in [2.24, 2.45) is 0 Å². The SMILES string of the molecule is Fc1cccc(-c2nc(C3CCNC3)cs2)c1. The zero-order chi connectivity index (χ0) is 11.7. The van der Waals surface area contributed by atoms with Crippen LogP contribution in [0.15, 0.2) is 29.6 Å². The van der Waals surface area contributed by atoms with Crippen molar-refractivity contribution in [1.29, 1.82) is 0 Å². The maximum Gasteiger partial charge on any atom is 0.123 e. The van der Waals surface area contributed by atoms with Gasteiger partial charge < -0.3 is 5.32 Å². The van der Waals surface area contributed by atoms with Gasteiger partial charge in [0.15, 0.2) is 0 Å². The summed E-state index contributed by atoms with van der Waals surface area (Å²) in [7, 11) is 0. The Bertz CT molecular complexity index is 518. The number of thiazole rings is 1. The van der Waals surface area contributed by atoms with Crippen LogP contribution in [0.2, 0.25) is 0 Å². The summed E-state index contributed by atoms with van der Waals surface area (Å²) in [4.78, 5) is 4.62. The highest BCUT2D eigenvalue weighted by atomic mass is 32.1. The molecular formula is C13H13FN2S. The van der Waals surface area contributed by atoms with Crippen molar-refractivity contribution in [1.82, 2.24) is 10.3 Å². The molecular weight excluding hydrogens is 235 g/mol. The topological polar surface area (TPSA) is 24.9 Å². The molecule has 2 nitrogen and oxygen atoms in total. The molecule has 0 radical (unpaired) electrons. The van der Waals surface area contributed by atoms with Crippen LogP contribution in [0.25, 0.3) is 10.6 Å². The van der Waals surface area contributed by atoms with Crippen LogP contribution in [0.1, 0.15) is 18.0 Å². The van der Waals surface area contributed by atoms with Gasteiger partial charge in [-0.2, -0.15) is 0 Å². The van der Waals surface area contributed by atoms with Gasteiger partial charge in [-0.3, -0.25) is 0 Å². The van der Waals surface area contributed by atoms with Crippen LogP contribution in [0.4, 0.5) is 4.39 Å². The van der Waals surface area contributed by atoms with E-state index < -0.39 is 0 Å². The minimum absolute atomic E-state index is 0.207. The molecule has 1 N–H and O–H groups in total. The first-order chi connectivity index (χ1) is 8.33. The molecule has 1 aliphatic rings. The summed E-state index contributed by atoms with van der Waals surface area (Å²) in [6.45, 7) is 2.07. The second kappa shape index (κ2) is 4.55. The maximum absolute atomic E-state index is 13.1. The van der Waals surface area contributed by atoms with Gasteiger partial charge in [-0.05, 0) is 25.1 Å². The highest BCUT2D eigenvalue weighted by Crippen LogP contribution is 2.29. The highest BCUT2D eigenvalue weighted by Gasteiger charge is 2.19. The van der Waals surface area contributed by atoms with Gasteiger partial charge in [-0.15, -0.1) is 11.3 Å². The average molecular weight is 248 g/mol. The quantitative estimate of drug-likeness (QED) is 0.883. The van der Waals surface area contributed by atoms with Crippen LogP contribution in [0, 0.1) is 5.82 Å². The smallest absolute Gasteiger partial charge is 0.123 e. The average Bonchev–Trinajstić information content (AvgIpc) is 3.00. The number of benzene rings is 1. The van der Waals surface area contributed by atoms with Crippen LogP contribution in [-0.2, 0) is 0 Å². The molecule has 2 aromatic rings. The Labute approximate surface area is 104 Å². The standard InChI is InChI=1S/C13H13FN2S/c14-11-3-1-2-9(6-11)13-16-12(8-17-13)10-4-5-15-7-10/h1-3,6,8,10,15H,4-5,7H2. The maximum atomic E-state index is 13.1. The van der Waals surface area contributed by atoms with Gasteiger partial charge in [-0.1, -0.05) is 12.1 Å². The summed E-state index contributed by atoms with van der Waals surface area (Å²) in [6, 6.07) is 6.62. The predicted octanol–water partition coefficient (Wildman–Crippen LogP) is 3.03. The van der Waals surface area contributed by atoms with Gasteiger partial charge in [0.25, 0.3) is 0 Å². The van der Waals surface area contributed by atoms with Crippen LogP contribution < -0.4 is 5.32 Å². The molecule has 88 valence electrons. The van der Waals surface area contributed by atoms with E-state index in [4.69, 9.17) is 0 Å². The van der Waals surface area contributed by atoms with Gasteiger partial charge >= 0.3 is 0 Å².